The van der Waals surface area contributed by atoms with Gasteiger partial charge in [0.2, 0.25) is 5.91 Å². The Bertz CT molecular complexity index is 1090. The minimum Gasteiger partial charge on any atom is -0.457 e. The Kier molecular flexibility index (Phi) is 6.69. The molecule has 1 unspecified atom stereocenters. The van der Waals surface area contributed by atoms with E-state index < -0.39 is 0 Å². The molecule has 3 aromatic rings. The van der Waals surface area contributed by atoms with Crippen molar-refractivity contribution in [2.75, 3.05) is 16.8 Å². The number of hydrogen-bond donors (Lipinski definition) is 1. The average Bonchev–Trinajstić information content (AvgIpc) is 3.24. The molecule has 0 spiro atoms. The molecule has 2 heterocycles. The monoisotopic (exact) mass is 454 g/mol. The zero-order valence-electron chi connectivity index (χ0n) is 17.3. The Balaban J connectivity index is 1.38. The minimum absolute atomic E-state index is 0.224. The maximum atomic E-state index is 12.3. The Labute approximate surface area is 192 Å². The van der Waals surface area contributed by atoms with Crippen molar-refractivity contribution in [1.82, 2.24) is 0 Å². The molecule has 1 N–H and O–H groups in total. The molecule has 2 aromatic carbocycles. The molecule has 0 aliphatic carbocycles. The molecule has 0 bridgehead atoms. The molecule has 1 aliphatic heterocycles. The van der Waals surface area contributed by atoms with E-state index in [-0.39, 0.29) is 5.91 Å². The number of piperidine rings is 1. The van der Waals surface area contributed by atoms with E-state index in [9.17, 15) is 4.79 Å². The molecule has 1 aliphatic rings. The molecule has 6 heteroatoms. The molecule has 160 valence electrons. The van der Waals surface area contributed by atoms with Crippen molar-refractivity contribution in [3.05, 3.63) is 76.5 Å². The molecular weight excluding hydrogens is 431 g/mol. The van der Waals surface area contributed by atoms with Crippen LogP contribution in [0.25, 0.3) is 17.4 Å². The summed E-state index contributed by atoms with van der Waals surface area (Å²) in [7, 11) is 0. The van der Waals surface area contributed by atoms with Gasteiger partial charge in [0.1, 0.15) is 11.5 Å². The summed E-state index contributed by atoms with van der Waals surface area (Å²) >= 11 is 12.3. The maximum Gasteiger partial charge on any atom is 0.248 e. The van der Waals surface area contributed by atoms with E-state index in [4.69, 9.17) is 27.6 Å². The summed E-state index contributed by atoms with van der Waals surface area (Å²) < 4.78 is 5.78. The molecule has 1 atom stereocenters. The van der Waals surface area contributed by atoms with Crippen molar-refractivity contribution in [3.63, 3.8) is 0 Å². The highest BCUT2D eigenvalue weighted by molar-refractivity contribution is 6.43. The topological polar surface area (TPSA) is 45.5 Å². The lowest BCUT2D eigenvalue weighted by molar-refractivity contribution is -0.111. The van der Waals surface area contributed by atoms with Crippen molar-refractivity contribution in [2.24, 2.45) is 0 Å². The fraction of sp³-hybridized carbons (Fsp3) is 0.240. The van der Waals surface area contributed by atoms with Gasteiger partial charge in [0.25, 0.3) is 0 Å². The Morgan fingerprint density at radius 2 is 1.90 bits per heavy atom. The van der Waals surface area contributed by atoms with Gasteiger partial charge in [-0.3, -0.25) is 4.79 Å². The van der Waals surface area contributed by atoms with Crippen molar-refractivity contribution in [1.29, 1.82) is 0 Å². The van der Waals surface area contributed by atoms with Crippen LogP contribution in [0.15, 0.2) is 65.1 Å². The van der Waals surface area contributed by atoms with Gasteiger partial charge in [-0.05, 0) is 80.8 Å². The van der Waals surface area contributed by atoms with Gasteiger partial charge in [-0.15, -0.1) is 0 Å². The summed E-state index contributed by atoms with van der Waals surface area (Å²) in [6.07, 6.45) is 6.82. The molecule has 0 saturated carbocycles. The van der Waals surface area contributed by atoms with Gasteiger partial charge in [0.05, 0.1) is 10.0 Å². The first kappa shape index (κ1) is 21.5. The predicted octanol–water partition coefficient (Wildman–Crippen LogP) is 7.28. The zero-order chi connectivity index (χ0) is 21.8. The molecule has 1 saturated heterocycles. The largest absolute Gasteiger partial charge is 0.457 e. The summed E-state index contributed by atoms with van der Waals surface area (Å²) in [4.78, 5) is 14.7. The highest BCUT2D eigenvalue weighted by Crippen LogP contribution is 2.34. The van der Waals surface area contributed by atoms with Gasteiger partial charge >= 0.3 is 0 Å². The number of anilines is 2. The number of hydrogen-bond acceptors (Lipinski definition) is 3. The molecule has 1 aromatic heterocycles. The normalized spacial score (nSPS) is 16.6. The molecule has 0 radical (unpaired) electrons. The Morgan fingerprint density at radius 3 is 2.68 bits per heavy atom. The summed E-state index contributed by atoms with van der Waals surface area (Å²) in [5, 5.41) is 3.79. The highest BCUT2D eigenvalue weighted by atomic mass is 35.5. The van der Waals surface area contributed by atoms with Crippen molar-refractivity contribution < 1.29 is 9.21 Å². The van der Waals surface area contributed by atoms with E-state index in [1.54, 1.807) is 24.3 Å². The standard InChI is InChI=1S/C25H24Cl2N2O2/c1-17-5-2-3-16-29(17)19-10-8-18(9-11-19)28-24(30)15-13-20-12-14-23(31-20)21-6-4-7-22(26)25(21)27/h4,6-15,17H,2-3,5,16H2,1H3,(H,28,30)/b15-13+. The zero-order valence-corrected chi connectivity index (χ0v) is 18.8. The van der Waals surface area contributed by atoms with Crippen LogP contribution in [0.5, 0.6) is 0 Å². The smallest absolute Gasteiger partial charge is 0.248 e. The molecule has 4 rings (SSSR count). The van der Waals surface area contributed by atoms with Gasteiger partial charge in [-0.25, -0.2) is 0 Å². The van der Waals surface area contributed by atoms with Crippen LogP contribution < -0.4 is 10.2 Å². The number of furan rings is 1. The first-order valence-electron chi connectivity index (χ1n) is 10.4. The first-order valence-corrected chi connectivity index (χ1v) is 11.2. The quantitative estimate of drug-likeness (QED) is 0.411. The van der Waals surface area contributed by atoms with Crippen molar-refractivity contribution >= 4 is 46.6 Å². The van der Waals surface area contributed by atoms with E-state index in [0.717, 1.165) is 12.2 Å². The molecular formula is C25H24Cl2N2O2. The van der Waals surface area contributed by atoms with E-state index >= 15 is 0 Å². The third-order valence-corrected chi connectivity index (χ3v) is 6.33. The van der Waals surface area contributed by atoms with Crippen LogP contribution in [0.3, 0.4) is 0 Å². The number of carbonyl (C=O) groups excluding carboxylic acids is 1. The molecule has 4 nitrogen and oxygen atoms in total. The SMILES string of the molecule is CC1CCCCN1c1ccc(NC(=O)/C=C/c2ccc(-c3cccc(Cl)c3Cl)o2)cc1. The average molecular weight is 455 g/mol. The van der Waals surface area contributed by atoms with E-state index in [1.807, 2.05) is 24.3 Å². The summed E-state index contributed by atoms with van der Waals surface area (Å²) in [5.41, 5.74) is 2.67. The van der Waals surface area contributed by atoms with Gasteiger partial charge in [0.15, 0.2) is 0 Å². The van der Waals surface area contributed by atoms with Gasteiger partial charge in [0, 0.05) is 35.6 Å². The Morgan fingerprint density at radius 1 is 1.10 bits per heavy atom. The first-order chi connectivity index (χ1) is 15.0. The fourth-order valence-corrected chi connectivity index (χ4v) is 4.23. The number of benzene rings is 2. The van der Waals surface area contributed by atoms with Gasteiger partial charge in [-0.2, -0.15) is 0 Å². The summed E-state index contributed by atoms with van der Waals surface area (Å²) in [6.45, 7) is 3.35. The van der Waals surface area contributed by atoms with E-state index in [0.29, 0.717) is 33.2 Å². The maximum absolute atomic E-state index is 12.3. The highest BCUT2D eigenvalue weighted by Gasteiger charge is 2.18. The van der Waals surface area contributed by atoms with E-state index in [1.165, 1.54) is 31.0 Å². The third kappa shape index (κ3) is 5.15. The van der Waals surface area contributed by atoms with Crippen molar-refractivity contribution in [2.45, 2.75) is 32.2 Å². The van der Waals surface area contributed by atoms with Crippen molar-refractivity contribution in [3.8, 4) is 11.3 Å². The van der Waals surface area contributed by atoms with Crippen LogP contribution >= 0.6 is 23.2 Å². The lowest BCUT2D eigenvalue weighted by atomic mass is 10.0. The van der Waals surface area contributed by atoms with Crippen LogP contribution in [0, 0.1) is 0 Å². The predicted molar refractivity (Wildman–Crippen MR) is 129 cm³/mol. The second-order valence-corrected chi connectivity index (χ2v) is 8.50. The number of nitrogens with zero attached hydrogens (tertiary/aromatic N) is 1. The lowest BCUT2D eigenvalue weighted by Crippen LogP contribution is -2.37. The number of nitrogens with one attached hydrogen (secondary N) is 1. The third-order valence-electron chi connectivity index (χ3n) is 5.51. The van der Waals surface area contributed by atoms with Crippen LogP contribution in [-0.4, -0.2) is 18.5 Å². The Hall–Kier alpha value is -2.69. The van der Waals surface area contributed by atoms with Crippen LogP contribution in [0.1, 0.15) is 31.9 Å². The summed E-state index contributed by atoms with van der Waals surface area (Å²) in [6, 6.07) is 17.5. The van der Waals surface area contributed by atoms with Gasteiger partial charge in [-0.1, -0.05) is 29.3 Å². The molecule has 1 amide bonds. The second kappa shape index (κ2) is 9.63. The van der Waals surface area contributed by atoms with E-state index in [2.05, 4.69) is 29.3 Å². The minimum atomic E-state index is -0.224. The number of rotatable bonds is 5. The number of carbonyl (C=O) groups is 1. The fourth-order valence-electron chi connectivity index (χ4n) is 3.84. The molecule has 1 fully saturated rings. The number of halogens is 2. The van der Waals surface area contributed by atoms with Gasteiger partial charge < -0.3 is 14.6 Å². The summed E-state index contributed by atoms with van der Waals surface area (Å²) in [5.74, 6) is 0.920. The molecule has 31 heavy (non-hydrogen) atoms. The lowest BCUT2D eigenvalue weighted by Gasteiger charge is -2.35. The van der Waals surface area contributed by atoms with Crippen LogP contribution in [-0.2, 0) is 4.79 Å². The van der Waals surface area contributed by atoms with Crippen LogP contribution in [0.4, 0.5) is 11.4 Å². The van der Waals surface area contributed by atoms with Crippen LogP contribution in [0.2, 0.25) is 10.0 Å². The number of amides is 1. The second-order valence-electron chi connectivity index (χ2n) is 7.71.